The van der Waals surface area contributed by atoms with Gasteiger partial charge in [0.2, 0.25) is 0 Å². The molecule has 0 radical (unpaired) electrons. The van der Waals surface area contributed by atoms with Crippen LogP contribution < -0.4 is 10.6 Å². The van der Waals surface area contributed by atoms with Crippen LogP contribution in [0.15, 0.2) is 0 Å². The Labute approximate surface area is 99.4 Å². The van der Waals surface area contributed by atoms with Crippen molar-refractivity contribution in [1.29, 1.82) is 0 Å². The van der Waals surface area contributed by atoms with Gasteiger partial charge >= 0.3 is 12.0 Å². The summed E-state index contributed by atoms with van der Waals surface area (Å²) in [6.07, 6.45) is 1.15. The lowest BCUT2D eigenvalue weighted by molar-refractivity contribution is -0.140. The fourth-order valence-electron chi connectivity index (χ4n) is 1.38. The van der Waals surface area contributed by atoms with Crippen molar-refractivity contribution in [3.63, 3.8) is 0 Å². The van der Waals surface area contributed by atoms with Crippen LogP contribution in [-0.2, 0) is 4.79 Å². The summed E-state index contributed by atoms with van der Waals surface area (Å²) in [6.45, 7) is 2.41. The monoisotopic (exact) mass is 246 g/mol. The molecule has 0 aromatic heterocycles. The van der Waals surface area contributed by atoms with Crippen molar-refractivity contribution in [2.45, 2.75) is 13.3 Å². The van der Waals surface area contributed by atoms with Gasteiger partial charge in [-0.05, 0) is 23.8 Å². The standard InChI is InChI=1S/C10H18N2O3S/c1-7(9(13)14)4-11-10(15)12-5-8-2-3-16-6-8/h7-8H,2-6H2,1H3,(H,13,14)(H2,11,12,15). The van der Waals surface area contributed by atoms with Gasteiger partial charge in [-0.25, -0.2) is 4.79 Å². The minimum atomic E-state index is -0.896. The Morgan fingerprint density at radius 2 is 2.25 bits per heavy atom. The van der Waals surface area contributed by atoms with E-state index in [1.54, 1.807) is 6.92 Å². The summed E-state index contributed by atoms with van der Waals surface area (Å²) in [7, 11) is 0. The van der Waals surface area contributed by atoms with Gasteiger partial charge in [0, 0.05) is 13.1 Å². The lowest BCUT2D eigenvalue weighted by Gasteiger charge is -2.12. The van der Waals surface area contributed by atoms with E-state index in [1.807, 2.05) is 11.8 Å². The predicted octanol–water partition coefficient (Wildman–Crippen LogP) is 0.759. The molecule has 1 rings (SSSR count). The topological polar surface area (TPSA) is 78.4 Å². The van der Waals surface area contributed by atoms with Crippen molar-refractivity contribution in [3.05, 3.63) is 0 Å². The second-order valence-corrected chi connectivity index (χ2v) is 5.21. The van der Waals surface area contributed by atoms with Crippen molar-refractivity contribution >= 4 is 23.8 Å². The zero-order valence-electron chi connectivity index (χ0n) is 9.36. The number of amides is 2. The molecule has 0 aromatic rings. The molecule has 1 fully saturated rings. The molecule has 0 saturated carbocycles. The van der Waals surface area contributed by atoms with E-state index in [2.05, 4.69) is 10.6 Å². The van der Waals surface area contributed by atoms with Crippen LogP contribution in [0.4, 0.5) is 4.79 Å². The van der Waals surface area contributed by atoms with Crippen LogP contribution in [0.5, 0.6) is 0 Å². The molecule has 0 spiro atoms. The second kappa shape index (κ2) is 6.62. The minimum absolute atomic E-state index is 0.167. The Balaban J connectivity index is 2.08. The van der Waals surface area contributed by atoms with Crippen LogP contribution in [0.2, 0.25) is 0 Å². The fraction of sp³-hybridized carbons (Fsp3) is 0.800. The van der Waals surface area contributed by atoms with Crippen LogP contribution >= 0.6 is 11.8 Å². The summed E-state index contributed by atoms with van der Waals surface area (Å²) in [5.41, 5.74) is 0. The van der Waals surface area contributed by atoms with Crippen LogP contribution in [0.1, 0.15) is 13.3 Å². The average molecular weight is 246 g/mol. The van der Waals surface area contributed by atoms with Gasteiger partial charge in [-0.3, -0.25) is 4.79 Å². The molecular weight excluding hydrogens is 228 g/mol. The highest BCUT2D eigenvalue weighted by atomic mass is 32.2. The molecule has 1 heterocycles. The molecule has 2 unspecified atom stereocenters. The maximum absolute atomic E-state index is 11.3. The van der Waals surface area contributed by atoms with Crippen LogP contribution in [0, 0.1) is 11.8 Å². The Kier molecular flexibility index (Phi) is 5.45. The second-order valence-electron chi connectivity index (χ2n) is 4.06. The summed E-state index contributed by atoms with van der Waals surface area (Å²) in [6, 6.07) is -0.273. The number of carbonyl (C=O) groups is 2. The lowest BCUT2D eigenvalue weighted by atomic mass is 10.1. The van der Waals surface area contributed by atoms with Crippen LogP contribution in [-0.4, -0.2) is 41.7 Å². The quantitative estimate of drug-likeness (QED) is 0.669. The predicted molar refractivity (Wildman–Crippen MR) is 63.6 cm³/mol. The number of carbonyl (C=O) groups excluding carboxylic acids is 1. The minimum Gasteiger partial charge on any atom is -0.481 e. The number of nitrogens with one attached hydrogen (secondary N) is 2. The van der Waals surface area contributed by atoms with E-state index in [0.717, 1.165) is 12.2 Å². The first-order valence-electron chi connectivity index (χ1n) is 5.42. The molecule has 6 heteroatoms. The molecule has 92 valence electrons. The Morgan fingerprint density at radius 3 is 2.81 bits per heavy atom. The Hall–Kier alpha value is -0.910. The number of hydrogen-bond donors (Lipinski definition) is 3. The van der Waals surface area contributed by atoms with E-state index >= 15 is 0 Å². The zero-order chi connectivity index (χ0) is 12.0. The Morgan fingerprint density at radius 1 is 1.50 bits per heavy atom. The van der Waals surface area contributed by atoms with E-state index in [1.165, 1.54) is 5.75 Å². The van der Waals surface area contributed by atoms with Gasteiger partial charge in [0.05, 0.1) is 5.92 Å². The molecule has 1 aliphatic heterocycles. The first kappa shape index (κ1) is 13.2. The van der Waals surface area contributed by atoms with Gasteiger partial charge < -0.3 is 15.7 Å². The molecule has 1 saturated heterocycles. The first-order valence-corrected chi connectivity index (χ1v) is 6.57. The number of hydrogen-bond acceptors (Lipinski definition) is 3. The van der Waals surface area contributed by atoms with Crippen molar-refractivity contribution in [2.75, 3.05) is 24.6 Å². The number of urea groups is 1. The van der Waals surface area contributed by atoms with Gasteiger partial charge in [0.25, 0.3) is 0 Å². The Bertz CT molecular complexity index is 254. The van der Waals surface area contributed by atoms with Gasteiger partial charge in [0.15, 0.2) is 0 Å². The number of aliphatic carboxylic acids is 1. The third-order valence-corrected chi connectivity index (χ3v) is 3.80. The van der Waals surface area contributed by atoms with Crippen LogP contribution in [0.3, 0.4) is 0 Å². The van der Waals surface area contributed by atoms with Gasteiger partial charge in [0.1, 0.15) is 0 Å². The maximum atomic E-state index is 11.3. The first-order chi connectivity index (χ1) is 7.59. The van der Waals surface area contributed by atoms with Crippen molar-refractivity contribution in [1.82, 2.24) is 10.6 Å². The molecule has 2 amide bonds. The summed E-state index contributed by atoms with van der Waals surface area (Å²) in [5.74, 6) is 1.39. The molecule has 0 aliphatic carbocycles. The SMILES string of the molecule is CC(CNC(=O)NCC1CCSC1)C(=O)O. The molecule has 2 atom stereocenters. The van der Waals surface area contributed by atoms with Gasteiger partial charge in [-0.1, -0.05) is 6.92 Å². The van der Waals surface area contributed by atoms with Crippen molar-refractivity contribution in [3.8, 4) is 0 Å². The van der Waals surface area contributed by atoms with E-state index in [-0.39, 0.29) is 12.6 Å². The smallest absolute Gasteiger partial charge is 0.314 e. The van der Waals surface area contributed by atoms with Gasteiger partial charge in [-0.2, -0.15) is 11.8 Å². The summed E-state index contributed by atoms with van der Waals surface area (Å²) in [5, 5.41) is 13.9. The van der Waals surface area contributed by atoms with E-state index < -0.39 is 11.9 Å². The highest BCUT2D eigenvalue weighted by Crippen LogP contribution is 2.22. The van der Waals surface area contributed by atoms with E-state index in [4.69, 9.17) is 5.11 Å². The summed E-state index contributed by atoms with van der Waals surface area (Å²) >= 11 is 1.91. The zero-order valence-corrected chi connectivity index (χ0v) is 10.2. The summed E-state index contributed by atoms with van der Waals surface area (Å²) in [4.78, 5) is 21.8. The molecule has 0 bridgehead atoms. The highest BCUT2D eigenvalue weighted by Gasteiger charge is 2.16. The normalized spacial score (nSPS) is 21.4. The third kappa shape index (κ3) is 4.74. The number of carboxylic acids is 1. The van der Waals surface area contributed by atoms with Gasteiger partial charge in [-0.15, -0.1) is 0 Å². The van der Waals surface area contributed by atoms with Crippen molar-refractivity contribution in [2.24, 2.45) is 11.8 Å². The summed E-state index contributed by atoms with van der Waals surface area (Å²) < 4.78 is 0. The van der Waals surface area contributed by atoms with E-state index in [9.17, 15) is 9.59 Å². The molecule has 5 nitrogen and oxygen atoms in total. The lowest BCUT2D eigenvalue weighted by Crippen LogP contribution is -2.41. The van der Waals surface area contributed by atoms with Crippen LogP contribution in [0.25, 0.3) is 0 Å². The molecule has 3 N–H and O–H groups in total. The fourth-order valence-corrected chi connectivity index (χ4v) is 2.66. The molecule has 1 aliphatic rings. The largest absolute Gasteiger partial charge is 0.481 e. The van der Waals surface area contributed by atoms with Crippen molar-refractivity contribution < 1.29 is 14.7 Å². The number of thioether (sulfide) groups is 1. The number of carboxylic acid groups (broad SMARTS) is 1. The maximum Gasteiger partial charge on any atom is 0.314 e. The van der Waals surface area contributed by atoms with E-state index in [0.29, 0.717) is 12.5 Å². The third-order valence-electron chi connectivity index (χ3n) is 2.57. The average Bonchev–Trinajstić information content (AvgIpc) is 2.75. The molecular formula is C10H18N2O3S. The number of rotatable bonds is 5. The highest BCUT2D eigenvalue weighted by molar-refractivity contribution is 7.99. The molecule has 16 heavy (non-hydrogen) atoms. The molecule has 0 aromatic carbocycles.